The molecule has 154 valence electrons. The van der Waals surface area contributed by atoms with Crippen molar-refractivity contribution in [2.45, 2.75) is 44.6 Å². The monoisotopic (exact) mass is 403 g/mol. The summed E-state index contributed by atoms with van der Waals surface area (Å²) in [6.45, 7) is 2.08. The Labute approximate surface area is 175 Å². The topological polar surface area (TPSA) is 69.7 Å². The van der Waals surface area contributed by atoms with Crippen LogP contribution in [0.3, 0.4) is 0 Å². The largest absolute Gasteiger partial charge is 0.325 e. The number of nitrogens with zero attached hydrogens (tertiary/aromatic N) is 2. The Kier molecular flexibility index (Phi) is 4.38. The molecule has 2 heterocycles. The zero-order valence-corrected chi connectivity index (χ0v) is 17.1. The van der Waals surface area contributed by atoms with Crippen LogP contribution >= 0.6 is 0 Å². The van der Waals surface area contributed by atoms with Gasteiger partial charge in [0.05, 0.1) is 0 Å². The van der Waals surface area contributed by atoms with Crippen molar-refractivity contribution < 1.29 is 14.4 Å². The second-order valence-electron chi connectivity index (χ2n) is 8.56. The van der Waals surface area contributed by atoms with E-state index in [1.807, 2.05) is 36.4 Å². The maximum absolute atomic E-state index is 13.3. The molecule has 5 rings (SSSR count). The number of fused-ring (bicyclic) bond motifs is 2. The number of hydrogen-bond donors (Lipinski definition) is 1. The van der Waals surface area contributed by atoms with Crippen molar-refractivity contribution in [3.05, 3.63) is 64.7 Å². The fourth-order valence-electron chi connectivity index (χ4n) is 4.93. The van der Waals surface area contributed by atoms with Crippen molar-refractivity contribution >= 4 is 23.5 Å². The third-order valence-corrected chi connectivity index (χ3v) is 6.66. The number of hydrogen-bond acceptors (Lipinski definition) is 3. The molecule has 6 nitrogen and oxygen atoms in total. The molecule has 3 aliphatic rings. The molecule has 2 aliphatic heterocycles. The first kappa shape index (κ1) is 18.9. The summed E-state index contributed by atoms with van der Waals surface area (Å²) in [5.74, 6) is -0.604. The summed E-state index contributed by atoms with van der Waals surface area (Å²) >= 11 is 0. The van der Waals surface area contributed by atoms with Crippen LogP contribution in [0.2, 0.25) is 0 Å². The van der Waals surface area contributed by atoms with Crippen molar-refractivity contribution in [2.24, 2.45) is 0 Å². The second kappa shape index (κ2) is 6.97. The lowest BCUT2D eigenvalue weighted by atomic mass is 9.89. The predicted octanol–water partition coefficient (Wildman–Crippen LogP) is 2.92. The molecule has 0 spiro atoms. The molecule has 2 aromatic rings. The fourth-order valence-corrected chi connectivity index (χ4v) is 4.93. The highest BCUT2D eigenvalue weighted by molar-refractivity contribution is 6.10. The molecule has 1 aliphatic carbocycles. The van der Waals surface area contributed by atoms with Crippen molar-refractivity contribution in [3.8, 4) is 0 Å². The van der Waals surface area contributed by atoms with Crippen molar-refractivity contribution in [3.63, 3.8) is 0 Å². The highest BCUT2D eigenvalue weighted by Crippen LogP contribution is 2.33. The lowest BCUT2D eigenvalue weighted by Crippen LogP contribution is -2.46. The van der Waals surface area contributed by atoms with Crippen molar-refractivity contribution in [2.75, 3.05) is 18.0 Å². The van der Waals surface area contributed by atoms with Gasteiger partial charge in [0.15, 0.2) is 0 Å². The molecule has 1 saturated heterocycles. The van der Waals surface area contributed by atoms with E-state index in [-0.39, 0.29) is 18.4 Å². The van der Waals surface area contributed by atoms with Crippen LogP contribution in [0.25, 0.3) is 0 Å². The lowest BCUT2D eigenvalue weighted by Gasteiger charge is -2.30. The molecule has 30 heavy (non-hydrogen) atoms. The van der Waals surface area contributed by atoms with E-state index in [0.717, 1.165) is 53.8 Å². The normalized spacial score (nSPS) is 22.7. The molecule has 1 N–H and O–H groups in total. The van der Waals surface area contributed by atoms with E-state index in [1.54, 1.807) is 11.8 Å². The number of nitrogens with one attached hydrogen (secondary N) is 1. The van der Waals surface area contributed by atoms with Crippen LogP contribution in [-0.4, -0.2) is 35.8 Å². The number of anilines is 1. The third-order valence-electron chi connectivity index (χ3n) is 6.66. The van der Waals surface area contributed by atoms with Gasteiger partial charge in [-0.05, 0) is 67.3 Å². The summed E-state index contributed by atoms with van der Waals surface area (Å²) in [4.78, 5) is 41.8. The van der Waals surface area contributed by atoms with Crippen LogP contribution in [0.5, 0.6) is 0 Å². The van der Waals surface area contributed by atoms with Gasteiger partial charge in [0.2, 0.25) is 5.91 Å². The van der Waals surface area contributed by atoms with Crippen LogP contribution in [0.4, 0.5) is 10.5 Å². The van der Waals surface area contributed by atoms with E-state index < -0.39 is 11.6 Å². The maximum atomic E-state index is 13.3. The molecule has 4 amide bonds. The molecule has 0 aromatic heterocycles. The van der Waals surface area contributed by atoms with E-state index in [9.17, 15) is 14.4 Å². The Morgan fingerprint density at radius 1 is 1.00 bits per heavy atom. The lowest BCUT2D eigenvalue weighted by molar-refractivity contribution is -0.134. The average molecular weight is 403 g/mol. The number of aryl methyl sites for hydroxylation is 3. The average Bonchev–Trinajstić information content (AvgIpc) is 3.31. The van der Waals surface area contributed by atoms with Crippen LogP contribution in [0, 0.1) is 0 Å². The van der Waals surface area contributed by atoms with Crippen LogP contribution in [0.1, 0.15) is 42.0 Å². The Bertz CT molecular complexity index is 1060. The number of benzene rings is 2. The van der Waals surface area contributed by atoms with E-state index in [2.05, 4.69) is 11.4 Å². The molecule has 6 heteroatoms. The summed E-state index contributed by atoms with van der Waals surface area (Å²) in [5, 5.41) is 2.83. The van der Waals surface area contributed by atoms with Gasteiger partial charge in [0.1, 0.15) is 12.1 Å². The van der Waals surface area contributed by atoms with Gasteiger partial charge >= 0.3 is 6.03 Å². The van der Waals surface area contributed by atoms with Crippen molar-refractivity contribution in [1.29, 1.82) is 0 Å². The highest BCUT2D eigenvalue weighted by Gasteiger charge is 2.50. The molecule has 0 bridgehead atoms. The molecule has 2 aromatic carbocycles. The first-order valence-electron chi connectivity index (χ1n) is 10.6. The minimum absolute atomic E-state index is 0.233. The highest BCUT2D eigenvalue weighted by atomic mass is 16.2. The second-order valence-corrected chi connectivity index (χ2v) is 8.56. The Morgan fingerprint density at radius 2 is 1.77 bits per heavy atom. The number of para-hydroxylation sites is 1. The smallest absolute Gasteiger partial charge is 0.319 e. The Hall–Kier alpha value is -3.15. The molecule has 0 radical (unpaired) electrons. The van der Waals surface area contributed by atoms with Gasteiger partial charge in [-0.1, -0.05) is 36.4 Å². The van der Waals surface area contributed by atoms with E-state index >= 15 is 0 Å². The van der Waals surface area contributed by atoms with E-state index in [0.29, 0.717) is 6.54 Å². The van der Waals surface area contributed by atoms with E-state index in [1.165, 1.54) is 11.1 Å². The fraction of sp³-hybridized carbons (Fsp3) is 0.375. The summed E-state index contributed by atoms with van der Waals surface area (Å²) < 4.78 is 0. The van der Waals surface area contributed by atoms with Gasteiger partial charge in [-0.15, -0.1) is 0 Å². The zero-order chi connectivity index (χ0) is 20.9. The molecule has 1 fully saturated rings. The van der Waals surface area contributed by atoms with Gasteiger partial charge in [-0.3, -0.25) is 14.5 Å². The summed E-state index contributed by atoms with van der Waals surface area (Å²) in [6, 6.07) is 13.3. The molecule has 0 saturated carbocycles. The minimum atomic E-state index is -1.14. The Balaban J connectivity index is 1.38. The summed E-state index contributed by atoms with van der Waals surface area (Å²) in [6.07, 6.45) is 4.98. The Morgan fingerprint density at radius 3 is 2.63 bits per heavy atom. The summed E-state index contributed by atoms with van der Waals surface area (Å²) in [7, 11) is 0. The first-order valence-corrected chi connectivity index (χ1v) is 10.6. The molecular formula is C24H25N3O3. The molecule has 1 atom stereocenters. The number of rotatable bonds is 3. The third kappa shape index (κ3) is 2.90. The van der Waals surface area contributed by atoms with Gasteiger partial charge in [0.25, 0.3) is 5.91 Å². The van der Waals surface area contributed by atoms with Crippen LogP contribution in [-0.2, 0) is 34.4 Å². The number of carbonyl (C=O) groups is 3. The minimum Gasteiger partial charge on any atom is -0.319 e. The summed E-state index contributed by atoms with van der Waals surface area (Å²) in [5.41, 5.74) is 4.19. The maximum Gasteiger partial charge on any atom is 0.325 e. The SMILES string of the molecule is CC1(c2ccc3c(c2)CCC3)NC(=O)N(CC(=O)N2CCCc3ccccc32)C1=O. The number of amides is 4. The van der Waals surface area contributed by atoms with Gasteiger partial charge < -0.3 is 10.2 Å². The standard InChI is InChI=1S/C24H25N3O3/c1-24(19-12-11-16-7-4-8-18(16)14-19)22(29)27(23(30)25-24)15-21(28)26-13-5-9-17-6-2-3-10-20(17)26/h2-3,6,10-12,14H,4-5,7-9,13,15H2,1H3,(H,25,30). The van der Waals surface area contributed by atoms with Gasteiger partial charge in [0, 0.05) is 12.2 Å². The van der Waals surface area contributed by atoms with Crippen LogP contribution < -0.4 is 10.2 Å². The van der Waals surface area contributed by atoms with Gasteiger partial charge in [-0.2, -0.15) is 0 Å². The quantitative estimate of drug-likeness (QED) is 0.801. The predicted molar refractivity (Wildman–Crippen MR) is 113 cm³/mol. The first-order chi connectivity index (χ1) is 14.5. The van der Waals surface area contributed by atoms with Crippen molar-refractivity contribution in [1.82, 2.24) is 10.2 Å². The molecule has 1 unspecified atom stereocenters. The number of urea groups is 1. The number of carbonyl (C=O) groups excluding carboxylic acids is 3. The zero-order valence-electron chi connectivity index (χ0n) is 17.1. The molecular weight excluding hydrogens is 378 g/mol. The number of imide groups is 1. The van der Waals surface area contributed by atoms with Gasteiger partial charge in [-0.25, -0.2) is 4.79 Å². The van der Waals surface area contributed by atoms with Crippen LogP contribution in [0.15, 0.2) is 42.5 Å². The van der Waals surface area contributed by atoms with E-state index in [4.69, 9.17) is 0 Å².